The van der Waals surface area contributed by atoms with Crippen LogP contribution in [0.2, 0.25) is 0 Å². The summed E-state index contributed by atoms with van der Waals surface area (Å²) in [5.74, 6) is 0.907. The molecule has 3 rings (SSSR count). The Morgan fingerprint density at radius 1 is 1.32 bits per heavy atom. The zero-order valence-electron chi connectivity index (χ0n) is 13.4. The van der Waals surface area contributed by atoms with Gasteiger partial charge in [-0.15, -0.1) is 0 Å². The number of aliphatic hydroxyl groups excluding tert-OH is 1. The van der Waals surface area contributed by atoms with E-state index in [4.69, 9.17) is 11.5 Å². The van der Waals surface area contributed by atoms with Gasteiger partial charge in [-0.1, -0.05) is 20.8 Å². The lowest BCUT2D eigenvalue weighted by Crippen LogP contribution is -2.38. The number of nitrogens with two attached hydrogens (primary N) is 2. The summed E-state index contributed by atoms with van der Waals surface area (Å²) in [6, 6.07) is 0. The van der Waals surface area contributed by atoms with E-state index in [9.17, 15) is 5.11 Å². The van der Waals surface area contributed by atoms with E-state index in [0.717, 1.165) is 19.4 Å². The molecule has 120 valence electrons. The van der Waals surface area contributed by atoms with Gasteiger partial charge in [0.05, 0.1) is 6.33 Å². The highest BCUT2D eigenvalue weighted by Crippen LogP contribution is 2.56. The summed E-state index contributed by atoms with van der Waals surface area (Å²) in [5, 5.41) is 9.78. The van der Waals surface area contributed by atoms with Crippen molar-refractivity contribution in [3.63, 3.8) is 0 Å². The zero-order valence-corrected chi connectivity index (χ0v) is 13.4. The van der Waals surface area contributed by atoms with Crippen LogP contribution >= 0.6 is 0 Å². The fourth-order valence-electron chi connectivity index (χ4n) is 3.63. The second kappa shape index (κ2) is 4.81. The summed E-state index contributed by atoms with van der Waals surface area (Å²) in [5.41, 5.74) is 12.8. The first-order valence-corrected chi connectivity index (χ1v) is 7.63. The minimum absolute atomic E-state index is 0.0302. The second-order valence-electron chi connectivity index (χ2n) is 7.21. The molecule has 2 unspecified atom stereocenters. The van der Waals surface area contributed by atoms with Gasteiger partial charge in [0.15, 0.2) is 11.5 Å². The minimum atomic E-state index is -0.0545. The first-order valence-electron chi connectivity index (χ1n) is 7.63. The van der Waals surface area contributed by atoms with Crippen molar-refractivity contribution in [3.8, 4) is 0 Å². The Bertz CT molecular complexity index is 709. The third kappa shape index (κ3) is 2.03. The van der Waals surface area contributed by atoms with Crippen molar-refractivity contribution in [1.82, 2.24) is 19.5 Å². The number of imidazole rings is 1. The number of fused-ring (bicyclic) bond motifs is 1. The maximum absolute atomic E-state index is 9.78. The Kier molecular flexibility index (Phi) is 3.28. The van der Waals surface area contributed by atoms with E-state index in [1.54, 1.807) is 6.33 Å². The Labute approximate surface area is 129 Å². The van der Waals surface area contributed by atoms with Gasteiger partial charge in [-0.05, 0) is 29.6 Å². The summed E-state index contributed by atoms with van der Waals surface area (Å²) >= 11 is 0. The smallest absolute Gasteiger partial charge is 0.224 e. The number of nitrogen functional groups attached to an aromatic ring is 2. The fraction of sp³-hybridized carbons (Fsp3) is 0.667. The lowest BCUT2D eigenvalue weighted by Gasteiger charge is -2.40. The minimum Gasteiger partial charge on any atom is -0.396 e. The Hall–Kier alpha value is -1.89. The van der Waals surface area contributed by atoms with Crippen molar-refractivity contribution in [2.75, 3.05) is 18.1 Å². The van der Waals surface area contributed by atoms with Gasteiger partial charge < -0.3 is 21.1 Å². The standard InChI is InChI=1S/C15H24N6O/c1-14(2)9(4-5-15(14,3)7-22)6-21-8-18-10-11(16)19-13(17)20-12(10)21/h8-9,22H,4-7H2,1-3H3,(H4,16,17,19,20). The Morgan fingerprint density at radius 2 is 2.05 bits per heavy atom. The van der Waals surface area contributed by atoms with E-state index in [-0.39, 0.29) is 23.4 Å². The topological polar surface area (TPSA) is 116 Å². The summed E-state index contributed by atoms with van der Waals surface area (Å²) in [7, 11) is 0. The maximum Gasteiger partial charge on any atom is 0.224 e. The molecule has 0 spiro atoms. The lowest BCUT2D eigenvalue weighted by molar-refractivity contribution is 0.0219. The average Bonchev–Trinajstić information content (AvgIpc) is 2.94. The van der Waals surface area contributed by atoms with Gasteiger partial charge in [0.1, 0.15) is 5.52 Å². The predicted molar refractivity (Wildman–Crippen MR) is 85.8 cm³/mol. The first-order chi connectivity index (χ1) is 10.3. The molecule has 7 heteroatoms. The second-order valence-corrected chi connectivity index (χ2v) is 7.21. The number of aromatic nitrogens is 4. The van der Waals surface area contributed by atoms with Gasteiger partial charge in [-0.3, -0.25) is 0 Å². The van der Waals surface area contributed by atoms with Crippen LogP contribution in [0, 0.1) is 16.7 Å². The lowest BCUT2D eigenvalue weighted by atomic mass is 9.66. The molecular weight excluding hydrogens is 280 g/mol. The molecule has 2 aromatic rings. The molecule has 5 N–H and O–H groups in total. The van der Waals surface area contributed by atoms with Gasteiger partial charge >= 0.3 is 0 Å². The molecule has 7 nitrogen and oxygen atoms in total. The Balaban J connectivity index is 1.95. The van der Waals surface area contributed by atoms with Crippen molar-refractivity contribution in [1.29, 1.82) is 0 Å². The van der Waals surface area contributed by atoms with Crippen molar-refractivity contribution in [2.24, 2.45) is 16.7 Å². The molecule has 22 heavy (non-hydrogen) atoms. The molecule has 1 fully saturated rings. The number of hydrogen-bond donors (Lipinski definition) is 3. The summed E-state index contributed by atoms with van der Waals surface area (Å²) in [6.45, 7) is 7.63. The Morgan fingerprint density at radius 3 is 2.68 bits per heavy atom. The van der Waals surface area contributed by atoms with Gasteiger partial charge in [-0.2, -0.15) is 9.97 Å². The van der Waals surface area contributed by atoms with Crippen molar-refractivity contribution in [2.45, 2.75) is 40.2 Å². The van der Waals surface area contributed by atoms with Crippen LogP contribution in [0.1, 0.15) is 33.6 Å². The number of aliphatic hydroxyl groups is 1. The van der Waals surface area contributed by atoms with Gasteiger partial charge in [0.2, 0.25) is 5.95 Å². The van der Waals surface area contributed by atoms with Crippen LogP contribution in [0.5, 0.6) is 0 Å². The van der Waals surface area contributed by atoms with Crippen LogP contribution < -0.4 is 11.5 Å². The van der Waals surface area contributed by atoms with Crippen molar-refractivity contribution in [3.05, 3.63) is 6.33 Å². The van der Waals surface area contributed by atoms with E-state index in [1.807, 2.05) is 4.57 Å². The molecule has 1 aliphatic rings. The zero-order chi connectivity index (χ0) is 16.1. The summed E-state index contributed by atoms with van der Waals surface area (Å²) in [6.07, 6.45) is 3.84. The normalized spacial score (nSPS) is 27.5. The number of rotatable bonds is 3. The molecule has 0 aliphatic heterocycles. The highest BCUT2D eigenvalue weighted by atomic mass is 16.3. The molecule has 0 saturated heterocycles. The highest BCUT2D eigenvalue weighted by molar-refractivity contribution is 5.82. The third-order valence-electron chi connectivity index (χ3n) is 5.89. The van der Waals surface area contributed by atoms with Crippen LogP contribution in [0.15, 0.2) is 6.33 Å². The average molecular weight is 304 g/mol. The van der Waals surface area contributed by atoms with E-state index in [2.05, 4.69) is 35.7 Å². The van der Waals surface area contributed by atoms with E-state index in [0.29, 0.717) is 22.9 Å². The number of anilines is 2. The van der Waals surface area contributed by atoms with Crippen LogP contribution in [-0.2, 0) is 6.54 Å². The van der Waals surface area contributed by atoms with E-state index in [1.165, 1.54) is 0 Å². The number of hydrogen-bond acceptors (Lipinski definition) is 6. The monoisotopic (exact) mass is 304 g/mol. The predicted octanol–water partition coefficient (Wildman–Crippen LogP) is 1.43. The first kappa shape index (κ1) is 15.0. The molecule has 0 bridgehead atoms. The van der Waals surface area contributed by atoms with Crippen molar-refractivity contribution < 1.29 is 5.11 Å². The van der Waals surface area contributed by atoms with Crippen LogP contribution in [0.4, 0.5) is 11.8 Å². The highest BCUT2D eigenvalue weighted by Gasteiger charge is 2.50. The molecule has 0 radical (unpaired) electrons. The summed E-state index contributed by atoms with van der Waals surface area (Å²) < 4.78 is 2.00. The molecular formula is C15H24N6O. The van der Waals surface area contributed by atoms with Crippen LogP contribution in [0.3, 0.4) is 0 Å². The van der Waals surface area contributed by atoms with Gasteiger partial charge in [-0.25, -0.2) is 4.98 Å². The largest absolute Gasteiger partial charge is 0.396 e. The van der Waals surface area contributed by atoms with Gasteiger partial charge in [0, 0.05) is 13.2 Å². The molecule has 2 heterocycles. The SMILES string of the molecule is CC1(CO)CCC(Cn2cnc3c(N)nc(N)nc32)C1(C)C. The molecule has 2 aromatic heterocycles. The van der Waals surface area contributed by atoms with Crippen molar-refractivity contribution >= 4 is 22.9 Å². The molecule has 2 atom stereocenters. The molecule has 1 saturated carbocycles. The molecule has 0 aromatic carbocycles. The quantitative estimate of drug-likeness (QED) is 0.790. The third-order valence-corrected chi connectivity index (χ3v) is 5.89. The van der Waals surface area contributed by atoms with E-state index >= 15 is 0 Å². The van der Waals surface area contributed by atoms with Crippen LogP contribution in [-0.4, -0.2) is 31.2 Å². The maximum atomic E-state index is 9.78. The number of nitrogens with zero attached hydrogens (tertiary/aromatic N) is 4. The molecule has 1 aliphatic carbocycles. The summed E-state index contributed by atoms with van der Waals surface area (Å²) in [4.78, 5) is 12.5. The molecule has 0 amide bonds. The van der Waals surface area contributed by atoms with Crippen LogP contribution in [0.25, 0.3) is 11.2 Å². The van der Waals surface area contributed by atoms with E-state index < -0.39 is 0 Å². The van der Waals surface area contributed by atoms with Gasteiger partial charge in [0.25, 0.3) is 0 Å². The fourth-order valence-corrected chi connectivity index (χ4v) is 3.63.